The van der Waals surface area contributed by atoms with Crippen LogP contribution in [0, 0.1) is 0 Å². The zero-order valence-corrected chi connectivity index (χ0v) is 15.0. The first kappa shape index (κ1) is 17.6. The first-order valence-corrected chi connectivity index (χ1v) is 8.54. The van der Waals surface area contributed by atoms with Crippen LogP contribution < -0.4 is 5.32 Å². The predicted octanol–water partition coefficient (Wildman–Crippen LogP) is 1.55. The van der Waals surface area contributed by atoms with E-state index in [0.29, 0.717) is 49.3 Å². The van der Waals surface area contributed by atoms with E-state index >= 15 is 0 Å². The van der Waals surface area contributed by atoms with Crippen molar-refractivity contribution in [3.05, 3.63) is 35.0 Å². The quantitative estimate of drug-likeness (QED) is 0.866. The molecule has 0 aliphatic carbocycles. The Morgan fingerprint density at radius 3 is 2.84 bits per heavy atom. The Labute approximate surface area is 151 Å². The van der Waals surface area contributed by atoms with Crippen LogP contribution in [0.4, 0.5) is 5.82 Å². The number of anilines is 1. The van der Waals surface area contributed by atoms with Crippen LogP contribution in [0.5, 0.6) is 0 Å². The number of hydrogen-bond donors (Lipinski definition) is 1. The van der Waals surface area contributed by atoms with Crippen LogP contribution in [-0.4, -0.2) is 63.4 Å². The van der Waals surface area contributed by atoms with Crippen LogP contribution in [0.15, 0.2) is 18.6 Å². The van der Waals surface area contributed by atoms with Gasteiger partial charge in [0.05, 0.1) is 23.8 Å². The maximum atomic E-state index is 12.5. The highest BCUT2D eigenvalue weighted by molar-refractivity contribution is 6.33. The molecule has 1 unspecified atom stereocenters. The number of nitrogens with zero attached hydrogens (tertiary/aromatic N) is 5. The second-order valence-corrected chi connectivity index (χ2v) is 6.45. The Hall–Kier alpha value is -2.19. The van der Waals surface area contributed by atoms with E-state index < -0.39 is 0 Å². The number of rotatable bonds is 5. The van der Waals surface area contributed by atoms with E-state index in [1.807, 2.05) is 18.5 Å². The van der Waals surface area contributed by atoms with Crippen molar-refractivity contribution in [2.24, 2.45) is 7.05 Å². The van der Waals surface area contributed by atoms with Crippen LogP contribution in [0.2, 0.25) is 5.02 Å². The Bertz CT molecular complexity index is 744. The fraction of sp³-hybridized carbons (Fsp3) is 0.500. The van der Waals surface area contributed by atoms with Gasteiger partial charge in [0.15, 0.2) is 0 Å². The zero-order chi connectivity index (χ0) is 17.8. The number of nitrogens with one attached hydrogen (secondary N) is 1. The normalized spacial score (nSPS) is 15.9. The third kappa shape index (κ3) is 4.08. The van der Waals surface area contributed by atoms with Gasteiger partial charge in [-0.3, -0.25) is 4.79 Å². The van der Waals surface area contributed by atoms with Gasteiger partial charge in [-0.05, 0) is 6.07 Å². The largest absolute Gasteiger partial charge is 0.378 e. The molecule has 1 N–H and O–H groups in total. The van der Waals surface area contributed by atoms with Crippen molar-refractivity contribution in [1.82, 2.24) is 24.6 Å². The van der Waals surface area contributed by atoms with Crippen LogP contribution in [0.25, 0.3) is 0 Å². The van der Waals surface area contributed by atoms with Crippen LogP contribution in [0.3, 0.4) is 0 Å². The van der Waals surface area contributed by atoms with Gasteiger partial charge in [0.25, 0.3) is 5.91 Å². The lowest BCUT2D eigenvalue weighted by Crippen LogP contribution is -2.40. The molecule has 8 nitrogen and oxygen atoms in total. The van der Waals surface area contributed by atoms with E-state index in [9.17, 15) is 4.79 Å². The van der Waals surface area contributed by atoms with Crippen molar-refractivity contribution < 1.29 is 9.53 Å². The van der Waals surface area contributed by atoms with E-state index in [1.165, 1.54) is 0 Å². The molecule has 1 aliphatic heterocycles. The molecule has 1 amide bonds. The van der Waals surface area contributed by atoms with Gasteiger partial charge < -0.3 is 19.5 Å². The summed E-state index contributed by atoms with van der Waals surface area (Å²) >= 11 is 6.30. The summed E-state index contributed by atoms with van der Waals surface area (Å²) in [6.07, 6.45) is 3.22. The van der Waals surface area contributed by atoms with Gasteiger partial charge in [0.1, 0.15) is 18.0 Å². The van der Waals surface area contributed by atoms with Gasteiger partial charge in [0.2, 0.25) is 0 Å². The maximum Gasteiger partial charge on any atom is 0.255 e. The second-order valence-electron chi connectivity index (χ2n) is 6.04. The minimum absolute atomic E-state index is 0.0725. The van der Waals surface area contributed by atoms with E-state index in [0.717, 1.165) is 5.82 Å². The average Bonchev–Trinajstić information content (AvgIpc) is 3.06. The summed E-state index contributed by atoms with van der Waals surface area (Å²) in [6.45, 7) is 4.95. The number of morpholine rings is 1. The van der Waals surface area contributed by atoms with E-state index in [1.54, 1.807) is 23.5 Å². The minimum atomic E-state index is -0.0725. The fourth-order valence-electron chi connectivity index (χ4n) is 2.71. The smallest absolute Gasteiger partial charge is 0.255 e. The molecule has 2 aromatic heterocycles. The summed E-state index contributed by atoms with van der Waals surface area (Å²) in [5, 5.41) is 11.6. The van der Waals surface area contributed by atoms with Crippen molar-refractivity contribution in [2.45, 2.75) is 12.8 Å². The number of pyridine rings is 1. The standard InChI is InChI=1S/C16H21ClN6O2/c1-11(15-21-20-10-22(15)2)8-18-14-13(17)7-12(9-19-14)16(24)23-3-5-25-6-4-23/h7,9-11H,3-6,8H2,1-2H3,(H,18,19). The summed E-state index contributed by atoms with van der Waals surface area (Å²) in [5.74, 6) is 1.49. The molecule has 0 radical (unpaired) electrons. The number of carbonyl (C=O) groups is 1. The lowest BCUT2D eigenvalue weighted by Gasteiger charge is -2.26. The molecule has 0 spiro atoms. The molecular weight excluding hydrogens is 344 g/mol. The molecule has 2 aromatic rings. The molecule has 3 rings (SSSR count). The number of halogens is 1. The van der Waals surface area contributed by atoms with Gasteiger partial charge in [0, 0.05) is 38.8 Å². The molecule has 134 valence electrons. The van der Waals surface area contributed by atoms with E-state index in [2.05, 4.69) is 20.5 Å². The molecule has 1 atom stereocenters. The monoisotopic (exact) mass is 364 g/mol. The third-order valence-corrected chi connectivity index (χ3v) is 4.44. The number of carbonyl (C=O) groups excluding carboxylic acids is 1. The van der Waals surface area contributed by atoms with E-state index in [-0.39, 0.29) is 11.8 Å². The Kier molecular flexibility index (Phi) is 5.50. The minimum Gasteiger partial charge on any atom is -0.378 e. The molecule has 25 heavy (non-hydrogen) atoms. The highest BCUT2D eigenvalue weighted by atomic mass is 35.5. The molecule has 1 saturated heterocycles. The molecule has 1 fully saturated rings. The van der Waals surface area contributed by atoms with Gasteiger partial charge >= 0.3 is 0 Å². The van der Waals surface area contributed by atoms with Crippen molar-refractivity contribution >= 4 is 23.3 Å². The lowest BCUT2D eigenvalue weighted by atomic mass is 10.1. The number of aryl methyl sites for hydroxylation is 1. The zero-order valence-electron chi connectivity index (χ0n) is 14.3. The van der Waals surface area contributed by atoms with Gasteiger partial charge in [-0.25, -0.2) is 4.98 Å². The van der Waals surface area contributed by atoms with Crippen LogP contribution in [0.1, 0.15) is 29.0 Å². The number of ether oxygens (including phenoxy) is 1. The summed E-state index contributed by atoms with van der Waals surface area (Å²) in [7, 11) is 1.91. The summed E-state index contributed by atoms with van der Waals surface area (Å²) in [6, 6.07) is 1.65. The number of aromatic nitrogens is 4. The van der Waals surface area contributed by atoms with Gasteiger partial charge in [-0.1, -0.05) is 18.5 Å². The van der Waals surface area contributed by atoms with Crippen LogP contribution in [-0.2, 0) is 11.8 Å². The number of amides is 1. The first-order chi connectivity index (χ1) is 12.1. The SMILES string of the molecule is CC(CNc1ncc(C(=O)N2CCOCC2)cc1Cl)c1nncn1C. The van der Waals surface area contributed by atoms with Crippen molar-refractivity contribution in [1.29, 1.82) is 0 Å². The molecule has 3 heterocycles. The molecule has 0 bridgehead atoms. The van der Waals surface area contributed by atoms with Crippen LogP contribution >= 0.6 is 11.6 Å². The average molecular weight is 365 g/mol. The highest BCUT2D eigenvalue weighted by Gasteiger charge is 2.20. The summed E-state index contributed by atoms with van der Waals surface area (Å²) in [5.41, 5.74) is 0.485. The Morgan fingerprint density at radius 2 is 2.20 bits per heavy atom. The third-order valence-electron chi connectivity index (χ3n) is 4.15. The van der Waals surface area contributed by atoms with Crippen molar-refractivity contribution in [3.8, 4) is 0 Å². The highest BCUT2D eigenvalue weighted by Crippen LogP contribution is 2.22. The van der Waals surface area contributed by atoms with Gasteiger partial charge in [-0.2, -0.15) is 0 Å². The molecule has 0 saturated carbocycles. The molecular formula is C16H21ClN6O2. The van der Waals surface area contributed by atoms with Crippen molar-refractivity contribution in [2.75, 3.05) is 38.2 Å². The lowest BCUT2D eigenvalue weighted by molar-refractivity contribution is 0.0302. The van der Waals surface area contributed by atoms with E-state index in [4.69, 9.17) is 16.3 Å². The topological polar surface area (TPSA) is 85.2 Å². The fourth-order valence-corrected chi connectivity index (χ4v) is 2.95. The Morgan fingerprint density at radius 1 is 1.44 bits per heavy atom. The van der Waals surface area contributed by atoms with Gasteiger partial charge in [-0.15, -0.1) is 10.2 Å². The number of hydrogen-bond acceptors (Lipinski definition) is 6. The second kappa shape index (κ2) is 7.79. The summed E-state index contributed by atoms with van der Waals surface area (Å²) < 4.78 is 7.15. The summed E-state index contributed by atoms with van der Waals surface area (Å²) in [4.78, 5) is 18.5. The maximum absolute atomic E-state index is 12.5. The first-order valence-electron chi connectivity index (χ1n) is 8.16. The molecule has 0 aromatic carbocycles. The molecule has 9 heteroatoms. The van der Waals surface area contributed by atoms with Crippen molar-refractivity contribution in [3.63, 3.8) is 0 Å². The predicted molar refractivity (Wildman–Crippen MR) is 93.9 cm³/mol. The Balaban J connectivity index is 1.63. The molecule has 1 aliphatic rings.